The van der Waals surface area contributed by atoms with Crippen molar-refractivity contribution in [3.05, 3.63) is 90.8 Å². The van der Waals surface area contributed by atoms with Crippen molar-refractivity contribution in [1.29, 1.82) is 21.2 Å². The zero-order valence-electron chi connectivity index (χ0n) is 41.4. The number of thioether (sulfide) groups is 2. The van der Waals surface area contributed by atoms with E-state index < -0.39 is 38.7 Å². The van der Waals surface area contributed by atoms with Crippen LogP contribution in [0.4, 0.5) is 4.79 Å². The van der Waals surface area contributed by atoms with Crippen LogP contribution in [0.5, 0.6) is 0 Å². The molecule has 71 heavy (non-hydrogen) atoms. The molecule has 3 aromatic rings. The van der Waals surface area contributed by atoms with Gasteiger partial charge in [-0.1, -0.05) is 17.8 Å². The summed E-state index contributed by atoms with van der Waals surface area (Å²) in [6.07, 6.45) is 18.1. The minimum absolute atomic E-state index is 0. The molecule has 3 aromatic heterocycles. The van der Waals surface area contributed by atoms with Gasteiger partial charge in [0.05, 0.1) is 64.2 Å². The Morgan fingerprint density at radius 3 is 1.44 bits per heavy atom. The summed E-state index contributed by atoms with van der Waals surface area (Å²) in [4.78, 5) is 58.6. The standard InChI is InChI=1S/C6H6N2O.C6H12N2.C6H13NO2.C6H5NO2.C5H5N.C2H6N2S.C2H4N2.C2H6NO3P.C2H3NO.C2H3NS.CH3O2P.ClH.Na/c7-6(9)5-2-1-3-8-4-5;1-2-8-5-3-7(1)4-6-8;1-9-6(8)2-4-7-5-3-6;8-6(9)5-2-1-3-7-4-5;1-2-4-6-5-3-1;1-5-2(3)4;1-4-2-3;1-7(5,6)2(3)4;2*1-4-2-3;1-4(2)3;;/h1-4H,(H2,7,9);1-6H2;7-8H,2-5H2,1H3;1-4H,(H,8,9);1-5H;1H3,(H3,3,4);4H,1H3;1H3,(H2,3,4)(H,5,6);3*1H3;1H;/q;;;;;;;;;;;;+1/p+4. The van der Waals surface area contributed by atoms with Gasteiger partial charge in [0.2, 0.25) is 0 Å². The van der Waals surface area contributed by atoms with Crippen LogP contribution >= 0.6 is 38.9 Å². The van der Waals surface area contributed by atoms with Gasteiger partial charge in [-0.15, -0.1) is 0 Å². The number of nitrogens with zero attached hydrogens (tertiary/aromatic N) is 4. The zero-order chi connectivity index (χ0) is 53.9. The number of nitrogens with one attached hydrogen (secondary N) is 6. The molecule has 2 amide bonds. The third-order valence-corrected chi connectivity index (χ3v) is 9.11. The summed E-state index contributed by atoms with van der Waals surface area (Å²) in [7, 11) is -1.02. The number of carbonyl (C=O) groups is 3. The summed E-state index contributed by atoms with van der Waals surface area (Å²) in [5.41, 5.74) is 13.7. The Balaban J connectivity index is -0.000000129. The van der Waals surface area contributed by atoms with Gasteiger partial charge in [0, 0.05) is 64.7 Å². The molecule has 0 radical (unpaired) electrons. The van der Waals surface area contributed by atoms with Crippen molar-refractivity contribution in [2.24, 2.45) is 17.2 Å². The number of ether oxygens (including phenoxy) is 2. The Morgan fingerprint density at radius 1 is 0.944 bits per heavy atom. The van der Waals surface area contributed by atoms with E-state index in [1.807, 2.05) is 40.9 Å². The molecule has 17 N–H and O–H groups in total. The van der Waals surface area contributed by atoms with Crippen molar-refractivity contribution in [2.75, 3.05) is 99.5 Å². The third-order valence-electron chi connectivity index (χ3n) is 7.67. The number of nitriles is 3. The third kappa shape index (κ3) is 63.4. The fourth-order valence-corrected chi connectivity index (χ4v) is 4.20. The van der Waals surface area contributed by atoms with Crippen LogP contribution in [0.3, 0.4) is 0 Å². The number of hydrogen-bond donors (Lipinski definition) is 10. The summed E-state index contributed by atoms with van der Waals surface area (Å²) >= 11 is 2.40. The van der Waals surface area contributed by atoms with Gasteiger partial charge < -0.3 is 74.5 Å². The second-order valence-electron chi connectivity index (χ2n) is 12.9. The summed E-state index contributed by atoms with van der Waals surface area (Å²) in [5, 5.41) is 54.9. The van der Waals surface area contributed by atoms with Crippen LogP contribution in [0.15, 0.2) is 79.6 Å². The monoisotopic (exact) mass is 1110 g/mol. The number of amidine groups is 1. The number of rotatable bonds is 4. The van der Waals surface area contributed by atoms with Crippen LogP contribution in [0, 0.1) is 39.0 Å². The molecule has 2 bridgehead atoms. The van der Waals surface area contributed by atoms with Crippen molar-refractivity contribution in [1.82, 2.24) is 10.2 Å². The second-order valence-corrected chi connectivity index (χ2v) is 17.4. The summed E-state index contributed by atoms with van der Waals surface area (Å²) in [6.45, 7) is 12.4. The van der Waals surface area contributed by atoms with Crippen molar-refractivity contribution < 1.29 is 120 Å². The normalized spacial score (nSPS) is 14.9. The minimum Gasteiger partial charge on any atom is -1.00 e. The zero-order valence-corrected chi connectivity index (χ0v) is 47.5. The van der Waals surface area contributed by atoms with Gasteiger partial charge in [-0.3, -0.25) is 24.5 Å². The van der Waals surface area contributed by atoms with E-state index in [-0.39, 0.29) is 52.7 Å². The number of primary amides is 2. The molecule has 0 aromatic carbocycles. The topological polar surface area (TPSA) is 440 Å². The first-order chi connectivity index (χ1) is 32.5. The molecule has 7 rings (SSSR count). The van der Waals surface area contributed by atoms with E-state index in [0.29, 0.717) is 5.56 Å². The van der Waals surface area contributed by atoms with E-state index in [0.717, 1.165) is 44.4 Å². The van der Waals surface area contributed by atoms with Crippen molar-refractivity contribution in [3.8, 4) is 17.8 Å². The van der Waals surface area contributed by atoms with Crippen LogP contribution in [0.25, 0.3) is 0 Å². The number of methoxy groups -OCH3 is 2. The van der Waals surface area contributed by atoms with Gasteiger partial charge in [0.1, 0.15) is 11.0 Å². The Hall–Kier alpha value is -4.56. The first-order valence-corrected chi connectivity index (χ1v) is 26.2. The van der Waals surface area contributed by atoms with Crippen molar-refractivity contribution >= 4 is 61.6 Å². The Kier molecular flexibility index (Phi) is 63.9. The fraction of sp³-hybridized carbons (Fsp3) is 0.450. The van der Waals surface area contributed by atoms with E-state index in [2.05, 4.69) is 41.0 Å². The van der Waals surface area contributed by atoms with Gasteiger partial charge in [-0.05, 0) is 41.0 Å². The van der Waals surface area contributed by atoms with E-state index >= 15 is 0 Å². The predicted octanol–water partition coefficient (Wildman–Crippen LogP) is -8.96. The van der Waals surface area contributed by atoms with E-state index in [1.54, 1.807) is 69.7 Å². The number of piperazine rings is 3. The number of carbonyl (C=O) groups excluding carboxylic acids is 3. The molecule has 4 aliphatic heterocycles. The van der Waals surface area contributed by atoms with Gasteiger partial charge >= 0.3 is 43.2 Å². The quantitative estimate of drug-likeness (QED) is 0.0221. The number of halogens is 1. The number of piperidine rings is 1. The SMILES string of the molecule is C1C[NH+]2CCN1CC2.CNC#N.COC#N.COC1(O)CC[NH2+]CC1.CP(=O)(O)C(N)=O.CSC#N.CSC(=N)N.C[P+](=O)O.NC(=O)c1ccc[nH+]c1.O=C([O-])c1ccc[nH+]c1.[Cl-].[Na+].c1cc[nH+]cc1. The van der Waals surface area contributed by atoms with Gasteiger partial charge in [-0.2, -0.15) is 20.7 Å². The molecule has 2 unspecified atom stereocenters. The molecule has 392 valence electrons. The van der Waals surface area contributed by atoms with Crippen molar-refractivity contribution in [3.63, 3.8) is 0 Å². The van der Waals surface area contributed by atoms with Crippen LogP contribution in [0.2, 0.25) is 0 Å². The minimum atomic E-state index is -3.60. The number of quaternary nitrogens is 2. The number of aliphatic hydroxyl groups is 1. The number of amides is 2. The Morgan fingerprint density at radius 2 is 1.31 bits per heavy atom. The maximum atomic E-state index is 10.4. The molecule has 4 saturated heterocycles. The second kappa shape index (κ2) is 56.4. The number of H-pyrrole nitrogens is 3. The van der Waals surface area contributed by atoms with Crippen LogP contribution in [0.1, 0.15) is 33.6 Å². The first kappa shape index (κ1) is 80.5. The Bertz CT molecular complexity index is 1810. The maximum absolute atomic E-state index is 10.4. The number of carboxylic acids is 1. The van der Waals surface area contributed by atoms with Crippen molar-refractivity contribution in [2.45, 2.75) is 18.6 Å². The summed E-state index contributed by atoms with van der Waals surface area (Å²) in [5.74, 6) is -2.38. The maximum Gasteiger partial charge on any atom is 1.00 e. The average molecular weight is 1110 g/mol. The first-order valence-electron chi connectivity index (χ1n) is 20.0. The molecule has 7 heterocycles. The van der Waals surface area contributed by atoms with Gasteiger partial charge in [0.15, 0.2) is 61.0 Å². The number of pyridine rings is 3. The predicted molar refractivity (Wildman–Crippen MR) is 260 cm³/mol. The summed E-state index contributed by atoms with van der Waals surface area (Å²) < 4.78 is 27.9. The van der Waals surface area contributed by atoms with Crippen LogP contribution in [-0.2, 0) is 18.6 Å². The molecule has 4 fully saturated rings. The number of hydrogen-bond acceptors (Lipinski definition) is 17. The molecule has 0 spiro atoms. The number of carboxylic acid groups (broad SMARTS) is 1. The number of nitrogens with two attached hydrogens (primary N) is 4. The molecule has 25 nitrogen and oxygen atoms in total. The Labute approximate surface area is 454 Å². The largest absolute Gasteiger partial charge is 1.00 e. The molecular formula is C40H71ClN14NaO11P2S2+5. The molecular weight excluding hydrogens is 1040 g/mol. The molecule has 4 aliphatic rings. The fourth-order valence-electron chi connectivity index (χ4n) is 4.20. The average Bonchev–Trinajstić information content (AvgIpc) is 3.36. The van der Waals surface area contributed by atoms with Crippen LogP contribution in [-0.4, -0.2) is 148 Å². The molecule has 0 saturated carbocycles. The van der Waals surface area contributed by atoms with E-state index in [4.69, 9.17) is 51.8 Å². The molecule has 2 atom stereocenters. The molecule has 0 aliphatic carbocycles. The van der Waals surface area contributed by atoms with Crippen LogP contribution < -0.4 is 94.8 Å². The smallest absolute Gasteiger partial charge is 1.00 e. The van der Waals surface area contributed by atoms with E-state index in [1.165, 1.54) is 83.3 Å². The number of fused-ring (bicyclic) bond motifs is 3. The van der Waals surface area contributed by atoms with E-state index in [9.17, 15) is 29.2 Å². The number of aromatic carboxylic acids is 1. The molecule has 31 heteroatoms. The summed E-state index contributed by atoms with van der Waals surface area (Å²) in [6, 6.07) is 12.3. The van der Waals surface area contributed by atoms with Gasteiger partial charge in [0.25, 0.3) is 19.5 Å². The number of aromatic nitrogens is 3. The number of aromatic amines is 3. The number of thiocyanates is 1. The van der Waals surface area contributed by atoms with Gasteiger partial charge in [-0.25, -0.2) is 15.0 Å².